The van der Waals surface area contributed by atoms with Crippen molar-refractivity contribution >= 4 is 15.8 Å². The van der Waals surface area contributed by atoms with E-state index in [0.717, 1.165) is 12.1 Å². The number of sulfonamides is 1. The van der Waals surface area contributed by atoms with Gasteiger partial charge in [-0.1, -0.05) is 12.1 Å². The molecule has 0 aliphatic carbocycles. The molecule has 2 rings (SSSR count). The van der Waals surface area contributed by atoms with Gasteiger partial charge < -0.3 is 9.64 Å². The summed E-state index contributed by atoms with van der Waals surface area (Å²) < 4.78 is 67.5. The minimum Gasteiger partial charge on any atom is -0.406 e. The van der Waals surface area contributed by atoms with Gasteiger partial charge in [-0.3, -0.25) is 0 Å². The molecule has 2 aromatic rings. The Morgan fingerprint density at radius 2 is 1.92 bits per heavy atom. The first-order chi connectivity index (χ1) is 11.6. The summed E-state index contributed by atoms with van der Waals surface area (Å²) in [6.07, 6.45) is -3.32. The van der Waals surface area contributed by atoms with E-state index in [-0.39, 0.29) is 11.4 Å². The molecule has 0 aliphatic rings. The van der Waals surface area contributed by atoms with Gasteiger partial charge in [0.1, 0.15) is 11.6 Å². The summed E-state index contributed by atoms with van der Waals surface area (Å²) >= 11 is 0. The van der Waals surface area contributed by atoms with E-state index in [0.29, 0.717) is 11.4 Å². The van der Waals surface area contributed by atoms with E-state index in [1.54, 1.807) is 37.3 Å². The Balaban J connectivity index is 2.19. The van der Waals surface area contributed by atoms with E-state index < -0.39 is 22.1 Å². The number of benzene rings is 1. The van der Waals surface area contributed by atoms with Gasteiger partial charge in [-0.2, -0.15) is 0 Å². The van der Waals surface area contributed by atoms with Crippen molar-refractivity contribution in [1.29, 1.82) is 0 Å². The third kappa shape index (κ3) is 5.33. The van der Waals surface area contributed by atoms with Gasteiger partial charge in [0, 0.05) is 38.5 Å². The molecule has 1 heterocycles. The van der Waals surface area contributed by atoms with Gasteiger partial charge in [0.2, 0.25) is 10.0 Å². The normalized spacial score (nSPS) is 12.0. The van der Waals surface area contributed by atoms with E-state index in [4.69, 9.17) is 0 Å². The Bertz CT molecular complexity index is 839. The SMILES string of the molecule is CN(C)c1ncccc1CNS(=O)(=O)c1cccc(OC(F)(F)F)c1. The first-order valence-corrected chi connectivity index (χ1v) is 8.53. The lowest BCUT2D eigenvalue weighted by molar-refractivity contribution is -0.274. The Hall–Kier alpha value is -2.33. The van der Waals surface area contributed by atoms with Gasteiger partial charge in [-0.05, 0) is 18.2 Å². The largest absolute Gasteiger partial charge is 0.573 e. The molecule has 1 aromatic heterocycles. The predicted octanol–water partition coefficient (Wildman–Crippen LogP) is 2.52. The molecule has 136 valence electrons. The second kappa shape index (κ2) is 7.28. The van der Waals surface area contributed by atoms with Crippen LogP contribution in [-0.4, -0.2) is 33.9 Å². The smallest absolute Gasteiger partial charge is 0.406 e. The van der Waals surface area contributed by atoms with Crippen LogP contribution in [0.2, 0.25) is 0 Å². The molecule has 0 saturated heterocycles. The van der Waals surface area contributed by atoms with Crippen LogP contribution in [0.3, 0.4) is 0 Å². The highest BCUT2D eigenvalue weighted by Crippen LogP contribution is 2.25. The number of rotatable bonds is 6. The number of aromatic nitrogens is 1. The molecule has 0 spiro atoms. The van der Waals surface area contributed by atoms with Crippen molar-refractivity contribution in [3.8, 4) is 5.75 Å². The minimum atomic E-state index is -4.90. The van der Waals surface area contributed by atoms with Crippen molar-refractivity contribution < 1.29 is 26.3 Å². The van der Waals surface area contributed by atoms with Crippen LogP contribution in [0.25, 0.3) is 0 Å². The third-order valence-electron chi connectivity index (χ3n) is 3.09. The number of hydrogen-bond acceptors (Lipinski definition) is 5. The maximum Gasteiger partial charge on any atom is 0.573 e. The highest BCUT2D eigenvalue weighted by molar-refractivity contribution is 7.89. The van der Waals surface area contributed by atoms with Gasteiger partial charge >= 0.3 is 6.36 Å². The van der Waals surface area contributed by atoms with E-state index in [9.17, 15) is 21.6 Å². The van der Waals surface area contributed by atoms with Crippen molar-refractivity contribution in [2.45, 2.75) is 17.8 Å². The maximum absolute atomic E-state index is 12.3. The molecule has 25 heavy (non-hydrogen) atoms. The van der Waals surface area contributed by atoms with Crippen LogP contribution in [-0.2, 0) is 16.6 Å². The van der Waals surface area contributed by atoms with Crippen LogP contribution in [0.4, 0.5) is 19.0 Å². The molecule has 0 radical (unpaired) electrons. The van der Waals surface area contributed by atoms with Crippen molar-refractivity contribution in [3.05, 3.63) is 48.2 Å². The van der Waals surface area contributed by atoms with E-state index in [1.807, 2.05) is 0 Å². The Labute approximate surface area is 143 Å². The predicted molar refractivity (Wildman–Crippen MR) is 85.7 cm³/mol. The van der Waals surface area contributed by atoms with Gasteiger partial charge in [0.05, 0.1) is 4.90 Å². The van der Waals surface area contributed by atoms with E-state index >= 15 is 0 Å². The summed E-state index contributed by atoms with van der Waals surface area (Å²) in [6.45, 7) is -0.0615. The summed E-state index contributed by atoms with van der Waals surface area (Å²) in [4.78, 5) is 5.55. The summed E-state index contributed by atoms with van der Waals surface area (Å²) in [5.74, 6) is -0.0231. The molecule has 6 nitrogen and oxygen atoms in total. The molecule has 0 fully saturated rings. The Kier molecular flexibility index (Phi) is 5.53. The Morgan fingerprint density at radius 1 is 1.20 bits per heavy atom. The zero-order chi connectivity index (χ0) is 18.7. The average Bonchev–Trinajstić information content (AvgIpc) is 2.52. The summed E-state index contributed by atoms with van der Waals surface area (Å²) in [5.41, 5.74) is 0.624. The lowest BCUT2D eigenvalue weighted by atomic mass is 10.2. The summed E-state index contributed by atoms with van der Waals surface area (Å²) in [5, 5.41) is 0. The van der Waals surface area contributed by atoms with Crippen LogP contribution < -0.4 is 14.4 Å². The Morgan fingerprint density at radius 3 is 2.56 bits per heavy atom. The number of halogens is 3. The maximum atomic E-state index is 12.3. The molecule has 0 unspecified atom stereocenters. The molecule has 0 aliphatic heterocycles. The standard InChI is InChI=1S/C15H16F3N3O3S/c1-21(2)14-11(5-4-8-19-14)10-20-25(22,23)13-7-3-6-12(9-13)24-15(16,17)18/h3-9,20H,10H2,1-2H3. The first kappa shape index (κ1) is 19.0. The fourth-order valence-corrected chi connectivity index (χ4v) is 3.11. The van der Waals surface area contributed by atoms with Crippen LogP contribution in [0, 0.1) is 0 Å². The molecule has 0 amide bonds. The number of nitrogens with zero attached hydrogens (tertiary/aromatic N) is 2. The third-order valence-corrected chi connectivity index (χ3v) is 4.49. The molecule has 10 heteroatoms. The molecule has 1 aromatic carbocycles. The van der Waals surface area contributed by atoms with Crippen molar-refractivity contribution in [2.75, 3.05) is 19.0 Å². The van der Waals surface area contributed by atoms with Gasteiger partial charge in [-0.15, -0.1) is 13.2 Å². The monoisotopic (exact) mass is 375 g/mol. The molecule has 0 bridgehead atoms. The number of pyridine rings is 1. The summed E-state index contributed by atoms with van der Waals surface area (Å²) in [7, 11) is -0.498. The topological polar surface area (TPSA) is 71.5 Å². The van der Waals surface area contributed by atoms with Crippen molar-refractivity contribution in [3.63, 3.8) is 0 Å². The highest BCUT2D eigenvalue weighted by Gasteiger charge is 2.31. The van der Waals surface area contributed by atoms with Gasteiger partial charge in [0.15, 0.2) is 0 Å². The lowest BCUT2D eigenvalue weighted by Gasteiger charge is -2.16. The number of nitrogens with one attached hydrogen (secondary N) is 1. The summed E-state index contributed by atoms with van der Waals surface area (Å²) in [6, 6.07) is 7.55. The number of ether oxygens (including phenoxy) is 1. The molecular formula is C15H16F3N3O3S. The van der Waals surface area contributed by atoms with Gasteiger partial charge in [0.25, 0.3) is 0 Å². The van der Waals surface area contributed by atoms with Gasteiger partial charge in [-0.25, -0.2) is 18.1 Å². The molecule has 0 saturated carbocycles. The fourth-order valence-electron chi connectivity index (χ4n) is 2.07. The van der Waals surface area contributed by atoms with Crippen LogP contribution >= 0.6 is 0 Å². The van der Waals surface area contributed by atoms with E-state index in [1.165, 1.54) is 12.1 Å². The molecular weight excluding hydrogens is 359 g/mol. The second-order valence-electron chi connectivity index (χ2n) is 5.23. The highest BCUT2D eigenvalue weighted by atomic mass is 32.2. The quantitative estimate of drug-likeness (QED) is 0.840. The van der Waals surface area contributed by atoms with Crippen molar-refractivity contribution in [2.24, 2.45) is 0 Å². The number of anilines is 1. The number of alkyl halides is 3. The average molecular weight is 375 g/mol. The lowest BCUT2D eigenvalue weighted by Crippen LogP contribution is -2.25. The van der Waals surface area contributed by atoms with Crippen LogP contribution in [0.5, 0.6) is 5.75 Å². The first-order valence-electron chi connectivity index (χ1n) is 7.05. The van der Waals surface area contributed by atoms with E-state index in [2.05, 4.69) is 14.4 Å². The van der Waals surface area contributed by atoms with Crippen LogP contribution in [0.15, 0.2) is 47.5 Å². The second-order valence-corrected chi connectivity index (χ2v) is 6.99. The fraction of sp³-hybridized carbons (Fsp3) is 0.267. The zero-order valence-electron chi connectivity index (χ0n) is 13.4. The molecule has 1 N–H and O–H groups in total. The number of hydrogen-bond donors (Lipinski definition) is 1. The van der Waals surface area contributed by atoms with Crippen molar-refractivity contribution in [1.82, 2.24) is 9.71 Å². The minimum absolute atomic E-state index is 0.0615. The van der Waals surface area contributed by atoms with Crippen LogP contribution in [0.1, 0.15) is 5.56 Å². The molecule has 0 atom stereocenters. The zero-order valence-corrected chi connectivity index (χ0v) is 14.2.